The SMILES string of the molecule is COc1cccc(C)c1C(=O)CC1CCCN1CCCO. The maximum absolute atomic E-state index is 12.7. The molecule has 21 heavy (non-hydrogen) atoms. The van der Waals surface area contributed by atoms with Gasteiger partial charge in [-0.15, -0.1) is 0 Å². The summed E-state index contributed by atoms with van der Waals surface area (Å²) in [5.74, 6) is 0.825. The zero-order chi connectivity index (χ0) is 15.2. The maximum atomic E-state index is 12.7. The van der Waals surface area contributed by atoms with Gasteiger partial charge in [0.2, 0.25) is 0 Å². The molecule has 1 aromatic carbocycles. The largest absolute Gasteiger partial charge is 0.496 e. The van der Waals surface area contributed by atoms with Crippen LogP contribution in [0.15, 0.2) is 18.2 Å². The lowest BCUT2D eigenvalue weighted by molar-refractivity contribution is 0.0935. The third-order valence-electron chi connectivity index (χ3n) is 4.26. The van der Waals surface area contributed by atoms with E-state index in [9.17, 15) is 4.79 Å². The molecule has 1 saturated heterocycles. The number of aliphatic hydroxyl groups excluding tert-OH is 1. The second kappa shape index (κ2) is 7.57. The first kappa shape index (κ1) is 16.0. The van der Waals surface area contributed by atoms with E-state index in [-0.39, 0.29) is 12.4 Å². The maximum Gasteiger partial charge on any atom is 0.168 e. The molecule has 0 aromatic heterocycles. The quantitative estimate of drug-likeness (QED) is 0.784. The van der Waals surface area contributed by atoms with Crippen LogP contribution in [-0.4, -0.2) is 48.6 Å². The Bertz CT molecular complexity index is 487. The molecule has 0 radical (unpaired) electrons. The Hall–Kier alpha value is -1.39. The molecule has 4 heteroatoms. The van der Waals surface area contributed by atoms with Gasteiger partial charge in [-0.1, -0.05) is 12.1 Å². The molecular weight excluding hydrogens is 266 g/mol. The third kappa shape index (κ3) is 3.83. The van der Waals surface area contributed by atoms with E-state index < -0.39 is 0 Å². The number of hydrogen-bond acceptors (Lipinski definition) is 4. The minimum Gasteiger partial charge on any atom is -0.496 e. The summed E-state index contributed by atoms with van der Waals surface area (Å²) in [5.41, 5.74) is 1.69. The van der Waals surface area contributed by atoms with Crippen LogP contribution < -0.4 is 4.74 Å². The van der Waals surface area contributed by atoms with Gasteiger partial charge in [-0.05, 0) is 44.4 Å². The number of rotatable bonds is 7. The van der Waals surface area contributed by atoms with Gasteiger partial charge in [0.05, 0.1) is 12.7 Å². The standard InChI is InChI=1S/C17H25NO3/c1-13-6-3-8-16(21-2)17(13)15(20)12-14-7-4-9-18(14)10-5-11-19/h3,6,8,14,19H,4-5,7,9-12H2,1-2H3. The predicted octanol–water partition coefficient (Wildman–Crippen LogP) is 2.42. The minimum absolute atomic E-state index is 0.158. The summed E-state index contributed by atoms with van der Waals surface area (Å²) in [6, 6.07) is 6.01. The van der Waals surface area contributed by atoms with E-state index in [0.717, 1.165) is 37.9 Å². The van der Waals surface area contributed by atoms with Crippen molar-refractivity contribution in [3.05, 3.63) is 29.3 Å². The highest BCUT2D eigenvalue weighted by Crippen LogP contribution is 2.27. The van der Waals surface area contributed by atoms with Crippen molar-refractivity contribution in [2.24, 2.45) is 0 Å². The summed E-state index contributed by atoms with van der Waals surface area (Å²) in [4.78, 5) is 15.0. The van der Waals surface area contributed by atoms with Gasteiger partial charge in [0.15, 0.2) is 5.78 Å². The van der Waals surface area contributed by atoms with E-state index in [1.54, 1.807) is 7.11 Å². The summed E-state index contributed by atoms with van der Waals surface area (Å²) in [7, 11) is 1.61. The molecule has 1 heterocycles. The van der Waals surface area contributed by atoms with Crippen molar-refractivity contribution >= 4 is 5.78 Å². The Balaban J connectivity index is 2.07. The molecule has 1 atom stereocenters. The van der Waals surface area contributed by atoms with E-state index in [1.165, 1.54) is 0 Å². The zero-order valence-electron chi connectivity index (χ0n) is 13.0. The number of methoxy groups -OCH3 is 1. The highest BCUT2D eigenvalue weighted by molar-refractivity contribution is 6.00. The first-order valence-corrected chi connectivity index (χ1v) is 7.69. The van der Waals surface area contributed by atoms with Crippen molar-refractivity contribution in [1.29, 1.82) is 0 Å². The van der Waals surface area contributed by atoms with Crippen LogP contribution in [0.5, 0.6) is 5.75 Å². The Morgan fingerprint density at radius 2 is 2.29 bits per heavy atom. The summed E-state index contributed by atoms with van der Waals surface area (Å²) in [6.45, 7) is 4.07. The van der Waals surface area contributed by atoms with Gasteiger partial charge in [-0.2, -0.15) is 0 Å². The Labute approximate surface area is 126 Å². The van der Waals surface area contributed by atoms with Gasteiger partial charge < -0.3 is 9.84 Å². The molecule has 0 spiro atoms. The average molecular weight is 291 g/mol. The van der Waals surface area contributed by atoms with Gasteiger partial charge in [-0.3, -0.25) is 9.69 Å². The molecule has 0 amide bonds. The van der Waals surface area contributed by atoms with Crippen LogP contribution in [0.3, 0.4) is 0 Å². The molecule has 0 saturated carbocycles. The second-order valence-electron chi connectivity index (χ2n) is 5.69. The van der Waals surface area contributed by atoms with Crippen molar-refractivity contribution in [3.8, 4) is 5.75 Å². The molecule has 1 fully saturated rings. The second-order valence-corrected chi connectivity index (χ2v) is 5.69. The molecule has 0 aliphatic carbocycles. The van der Waals surface area contributed by atoms with Gasteiger partial charge in [0.25, 0.3) is 0 Å². The van der Waals surface area contributed by atoms with Crippen molar-refractivity contribution in [3.63, 3.8) is 0 Å². The monoisotopic (exact) mass is 291 g/mol. The molecular formula is C17H25NO3. The van der Waals surface area contributed by atoms with Crippen LogP contribution in [0, 0.1) is 6.92 Å². The van der Waals surface area contributed by atoms with E-state index in [4.69, 9.17) is 9.84 Å². The lowest BCUT2D eigenvalue weighted by Crippen LogP contribution is -2.32. The van der Waals surface area contributed by atoms with Crippen LogP contribution >= 0.6 is 0 Å². The molecule has 4 nitrogen and oxygen atoms in total. The van der Waals surface area contributed by atoms with Gasteiger partial charge in [-0.25, -0.2) is 0 Å². The van der Waals surface area contributed by atoms with Crippen molar-refractivity contribution in [2.75, 3.05) is 26.8 Å². The summed E-state index contributed by atoms with van der Waals surface area (Å²) in [6.07, 6.45) is 3.50. The Morgan fingerprint density at radius 3 is 3.00 bits per heavy atom. The molecule has 1 aliphatic rings. The minimum atomic E-state index is 0.158. The molecule has 1 aliphatic heterocycles. The Kier molecular flexibility index (Phi) is 5.76. The van der Waals surface area contributed by atoms with Crippen LogP contribution in [0.25, 0.3) is 0 Å². The van der Waals surface area contributed by atoms with E-state index >= 15 is 0 Å². The van der Waals surface area contributed by atoms with Crippen LogP contribution in [-0.2, 0) is 0 Å². The number of ether oxygens (including phenoxy) is 1. The highest BCUT2D eigenvalue weighted by atomic mass is 16.5. The number of hydrogen-bond donors (Lipinski definition) is 1. The van der Waals surface area contributed by atoms with Crippen LogP contribution in [0.4, 0.5) is 0 Å². The average Bonchev–Trinajstić information content (AvgIpc) is 2.91. The fourth-order valence-corrected chi connectivity index (χ4v) is 3.18. The zero-order valence-corrected chi connectivity index (χ0v) is 13.0. The van der Waals surface area contributed by atoms with E-state index in [0.29, 0.717) is 23.8 Å². The smallest absolute Gasteiger partial charge is 0.168 e. The molecule has 1 unspecified atom stereocenters. The predicted molar refractivity (Wildman–Crippen MR) is 83.0 cm³/mol. The normalized spacial score (nSPS) is 18.9. The number of aliphatic hydroxyl groups is 1. The van der Waals surface area contributed by atoms with Crippen molar-refractivity contribution in [1.82, 2.24) is 4.90 Å². The fraction of sp³-hybridized carbons (Fsp3) is 0.588. The fourth-order valence-electron chi connectivity index (χ4n) is 3.18. The number of ketones is 1. The van der Waals surface area contributed by atoms with Crippen molar-refractivity contribution in [2.45, 2.75) is 38.6 Å². The molecule has 2 rings (SSSR count). The first-order valence-electron chi connectivity index (χ1n) is 7.69. The molecule has 116 valence electrons. The van der Waals surface area contributed by atoms with Gasteiger partial charge in [0.1, 0.15) is 5.75 Å². The topological polar surface area (TPSA) is 49.8 Å². The lowest BCUT2D eigenvalue weighted by atomic mass is 9.97. The highest BCUT2D eigenvalue weighted by Gasteiger charge is 2.27. The number of nitrogens with zero attached hydrogens (tertiary/aromatic N) is 1. The van der Waals surface area contributed by atoms with Gasteiger partial charge in [0, 0.05) is 25.6 Å². The van der Waals surface area contributed by atoms with Gasteiger partial charge >= 0.3 is 0 Å². The third-order valence-corrected chi connectivity index (χ3v) is 4.26. The summed E-state index contributed by atoms with van der Waals surface area (Å²) >= 11 is 0. The van der Waals surface area contributed by atoms with Crippen LogP contribution in [0.1, 0.15) is 41.6 Å². The van der Waals surface area contributed by atoms with E-state index in [2.05, 4.69) is 4.90 Å². The number of benzene rings is 1. The molecule has 1 N–H and O–H groups in total. The molecule has 0 bridgehead atoms. The lowest BCUT2D eigenvalue weighted by Gasteiger charge is -2.24. The summed E-state index contributed by atoms with van der Waals surface area (Å²) in [5, 5.41) is 8.97. The first-order chi connectivity index (χ1) is 10.2. The number of carbonyl (C=O) groups is 1. The number of carbonyl (C=O) groups excluding carboxylic acids is 1. The molecule has 1 aromatic rings. The number of likely N-dealkylation sites (tertiary alicyclic amines) is 1. The number of Topliss-reactive ketones (excluding diaryl/α,β-unsaturated/α-hetero) is 1. The Morgan fingerprint density at radius 1 is 1.48 bits per heavy atom. The number of aryl methyl sites for hydroxylation is 1. The van der Waals surface area contributed by atoms with E-state index in [1.807, 2.05) is 25.1 Å². The van der Waals surface area contributed by atoms with Crippen LogP contribution in [0.2, 0.25) is 0 Å². The van der Waals surface area contributed by atoms with Crippen molar-refractivity contribution < 1.29 is 14.6 Å². The summed E-state index contributed by atoms with van der Waals surface area (Å²) < 4.78 is 5.34.